The maximum atomic E-state index is 13.9. The Morgan fingerprint density at radius 3 is 1.32 bits per heavy atom. The summed E-state index contributed by atoms with van der Waals surface area (Å²) >= 11 is 3.97. The Labute approximate surface area is 623 Å². The molecule has 0 atom stereocenters. The monoisotopic (exact) mass is 1550 g/mol. The van der Waals surface area contributed by atoms with E-state index in [0.29, 0.717) is 110 Å². The molecule has 562 valence electrons. The number of fused-ring (bicyclic) bond motifs is 4. The number of amides is 2. The van der Waals surface area contributed by atoms with Crippen molar-refractivity contribution in [2.24, 2.45) is 0 Å². The molecule has 6 aromatic heterocycles. The van der Waals surface area contributed by atoms with Crippen LogP contribution in [0, 0.1) is 0 Å². The van der Waals surface area contributed by atoms with Crippen molar-refractivity contribution in [3.05, 3.63) is 107 Å². The Bertz CT molecular complexity index is 4050. The summed E-state index contributed by atoms with van der Waals surface area (Å²) in [6.45, 7) is 46.4. The fourth-order valence-electron chi connectivity index (χ4n) is 11.7. The highest BCUT2D eigenvalue weighted by molar-refractivity contribution is 9.10. The molecule has 8 heterocycles. The zero-order chi connectivity index (χ0) is 74.5. The first-order valence-electron chi connectivity index (χ1n) is 36.7. The maximum absolute atomic E-state index is 13.9. The molecule has 103 heavy (non-hydrogen) atoms. The summed E-state index contributed by atoms with van der Waals surface area (Å²) in [6, 6.07) is 26.5. The molecule has 2 saturated heterocycles. The predicted molar refractivity (Wildman–Crippen MR) is 427 cm³/mol. The summed E-state index contributed by atoms with van der Waals surface area (Å²) in [5.41, 5.74) is 6.78. The lowest BCUT2D eigenvalue weighted by Crippen LogP contribution is -2.45. The number of nitrogens with zero attached hydrogens (tertiary/aromatic N) is 12. The van der Waals surface area contributed by atoms with Crippen LogP contribution in [0.5, 0.6) is 0 Å². The van der Waals surface area contributed by atoms with Gasteiger partial charge in [-0.15, -0.1) is 0 Å². The van der Waals surface area contributed by atoms with Crippen molar-refractivity contribution in [2.75, 3.05) is 89.6 Å². The van der Waals surface area contributed by atoms with Gasteiger partial charge in [0, 0.05) is 149 Å². The van der Waals surface area contributed by atoms with E-state index < -0.39 is 43.5 Å². The summed E-state index contributed by atoms with van der Waals surface area (Å²) < 4.78 is 53.1. The molecular weight excluding hydrogens is 1430 g/mol. The molecule has 2 fully saturated rings. The van der Waals surface area contributed by atoms with Gasteiger partial charge in [-0.25, -0.2) is 19.6 Å². The summed E-state index contributed by atoms with van der Waals surface area (Å²) in [4.78, 5) is 55.4. The van der Waals surface area contributed by atoms with E-state index in [1.54, 1.807) is 0 Å². The van der Waals surface area contributed by atoms with E-state index in [-0.39, 0.29) is 37.4 Å². The van der Waals surface area contributed by atoms with Crippen LogP contribution in [0.4, 0.5) is 21.2 Å². The first kappa shape index (κ1) is 80.8. The number of aromatic nitrogens is 8. The molecule has 0 aliphatic carbocycles. The highest BCUT2D eigenvalue weighted by Crippen LogP contribution is 2.37. The molecular formula is C76H115BrN12O10Si4. The van der Waals surface area contributed by atoms with Gasteiger partial charge in [-0.2, -0.15) is 19.2 Å². The number of pyridine rings is 2. The van der Waals surface area contributed by atoms with Crippen molar-refractivity contribution >= 4 is 105 Å². The first-order valence-corrected chi connectivity index (χ1v) is 52.3. The van der Waals surface area contributed by atoms with Crippen LogP contribution in [-0.2, 0) is 51.0 Å². The zero-order valence-electron chi connectivity index (χ0n) is 64.7. The van der Waals surface area contributed by atoms with Gasteiger partial charge in [0.05, 0.1) is 52.4 Å². The largest absolute Gasteiger partial charge is 0.444 e. The number of anilines is 2. The van der Waals surface area contributed by atoms with Gasteiger partial charge in [0.2, 0.25) is 0 Å². The molecule has 2 aliphatic rings. The smallest absolute Gasteiger partial charge is 0.410 e. The number of hydrogen-bond acceptors (Lipinski definition) is 18. The van der Waals surface area contributed by atoms with Crippen LogP contribution in [0.2, 0.25) is 103 Å². The average Bonchev–Trinajstić information content (AvgIpc) is 1.64. The lowest BCUT2D eigenvalue weighted by Gasteiger charge is -2.36. The molecule has 2 amide bonds. The molecule has 2 aliphatic heterocycles. The summed E-state index contributed by atoms with van der Waals surface area (Å²) in [5.74, 6) is 1.53. The van der Waals surface area contributed by atoms with E-state index in [0.717, 1.165) is 103 Å². The summed E-state index contributed by atoms with van der Waals surface area (Å²) in [7, 11) is -5.21. The third kappa shape index (κ3) is 24.4. The maximum Gasteiger partial charge on any atom is 0.410 e. The number of benzene rings is 2. The zero-order valence-corrected chi connectivity index (χ0v) is 70.3. The van der Waals surface area contributed by atoms with Crippen LogP contribution in [0.25, 0.3) is 55.4 Å². The van der Waals surface area contributed by atoms with Gasteiger partial charge in [0.1, 0.15) is 43.9 Å². The van der Waals surface area contributed by atoms with Crippen LogP contribution >= 0.6 is 15.9 Å². The van der Waals surface area contributed by atoms with Gasteiger partial charge in [-0.05, 0) is 132 Å². The van der Waals surface area contributed by atoms with Gasteiger partial charge >= 0.3 is 12.2 Å². The average molecular weight is 1550 g/mol. The number of carbonyl (C=O) groups is 2. The molecule has 27 heteroatoms. The quantitative estimate of drug-likeness (QED) is 0.0233. The van der Waals surface area contributed by atoms with Crippen molar-refractivity contribution in [2.45, 2.75) is 206 Å². The second-order valence-corrected chi connectivity index (χ2v) is 57.4. The van der Waals surface area contributed by atoms with Crippen molar-refractivity contribution in [1.82, 2.24) is 49.0 Å². The highest BCUT2D eigenvalue weighted by atomic mass is 79.9. The number of carbonyl (C=O) groups excluding carboxylic acids is 2. The standard InChI is InChI=1S/C38H57BrN6O5Si2.C38H58N6O5Si2/c1-38(2,3)50-37(46)44(30-14-16-47-17-15-30)25-33-34(39)36(43(26-48-18-20-51(4,5)6)27-49-19-21-52(7,8)9)45-35(42-33)31(24-41-45)29-22-28-12-10-11-13-32(28)40-23-29;1-38(2,3)49-37(45)43(32-14-16-46-17-15-32)26-31-23-35(42(27-47-18-20-50(4,5)6)28-48-19-21-51(7,8)9)44-36(41-31)33(25-40-44)30-22-29-12-10-11-13-34(29)39-24-30/h10-13,22-24,30H,14-21,25-27H2,1-9H3;10-13,22-25,32H,14-21,26-28H2,1-9H3. The Hall–Kier alpha value is -6.25. The SMILES string of the molecule is CC(C)(C)OC(=O)N(Cc1cc(N(COCC[Si](C)(C)C)COCC[Si](C)(C)C)n2ncc(-c3cnc4ccccc4c3)c2n1)C1CCOCC1.CC(C)(C)OC(=O)N(Cc1nc2c(-c3cnc4ccccc4c3)cnn2c(N(COCC[Si](C)(C)C)COCC[Si](C)(C)C)c1Br)C1CCOCC1. The van der Waals surface area contributed by atoms with Crippen molar-refractivity contribution < 1.29 is 47.5 Å². The highest BCUT2D eigenvalue weighted by Gasteiger charge is 2.35. The Morgan fingerprint density at radius 1 is 0.515 bits per heavy atom. The summed E-state index contributed by atoms with van der Waals surface area (Å²) in [6.07, 6.45) is 9.61. The van der Waals surface area contributed by atoms with Crippen LogP contribution in [-0.4, -0.2) is 197 Å². The minimum Gasteiger partial charge on any atom is -0.444 e. The van der Waals surface area contributed by atoms with E-state index in [9.17, 15) is 9.59 Å². The molecule has 0 radical (unpaired) electrons. The van der Waals surface area contributed by atoms with Crippen molar-refractivity contribution in [3.8, 4) is 22.3 Å². The molecule has 0 bridgehead atoms. The van der Waals surface area contributed by atoms with Gasteiger partial charge in [-0.3, -0.25) is 19.8 Å². The molecule has 8 aromatic rings. The van der Waals surface area contributed by atoms with E-state index in [1.165, 1.54) is 0 Å². The lowest BCUT2D eigenvalue weighted by molar-refractivity contribution is -0.00937. The molecule has 2 aromatic carbocycles. The third-order valence-electron chi connectivity index (χ3n) is 17.7. The van der Waals surface area contributed by atoms with Crippen LogP contribution in [0.15, 0.2) is 96.0 Å². The van der Waals surface area contributed by atoms with E-state index >= 15 is 0 Å². The second kappa shape index (κ2) is 35.4. The minimum absolute atomic E-state index is 0.0324. The minimum atomic E-state index is -1.31. The third-order valence-corrected chi connectivity index (χ3v) is 25.3. The number of hydrogen-bond donors (Lipinski definition) is 0. The van der Waals surface area contributed by atoms with Crippen LogP contribution in [0.1, 0.15) is 78.6 Å². The second-order valence-electron chi connectivity index (χ2n) is 34.1. The topological polar surface area (TPSA) is 207 Å². The Morgan fingerprint density at radius 2 is 0.903 bits per heavy atom. The van der Waals surface area contributed by atoms with Crippen LogP contribution < -0.4 is 9.80 Å². The Balaban J connectivity index is 0.000000239. The van der Waals surface area contributed by atoms with E-state index in [4.69, 9.17) is 68.0 Å². The number of halogens is 1. The van der Waals surface area contributed by atoms with Crippen LogP contribution in [0.3, 0.4) is 0 Å². The molecule has 10 rings (SSSR count). The molecule has 0 N–H and O–H groups in total. The number of rotatable bonds is 30. The number of para-hydroxylation sites is 2. The van der Waals surface area contributed by atoms with Gasteiger partial charge in [-0.1, -0.05) is 115 Å². The molecule has 0 saturated carbocycles. The van der Waals surface area contributed by atoms with E-state index in [2.05, 4.69) is 129 Å². The number of ether oxygens (including phenoxy) is 8. The molecule has 0 spiro atoms. The summed E-state index contributed by atoms with van der Waals surface area (Å²) in [5, 5.41) is 11.9. The lowest BCUT2D eigenvalue weighted by atomic mass is 10.1. The van der Waals surface area contributed by atoms with Gasteiger partial charge in [0.25, 0.3) is 0 Å². The normalized spacial score (nSPS) is 14.7. The predicted octanol–water partition coefficient (Wildman–Crippen LogP) is 17.3. The van der Waals surface area contributed by atoms with E-state index in [1.807, 2.05) is 128 Å². The fourth-order valence-corrected chi connectivity index (χ4v) is 15.4. The fraction of sp³-hybridized carbons (Fsp3) is 0.579. The first-order chi connectivity index (χ1) is 48.6. The molecule has 22 nitrogen and oxygen atoms in total. The Kier molecular flexibility index (Phi) is 27.8. The van der Waals surface area contributed by atoms with Gasteiger partial charge < -0.3 is 47.7 Å². The molecule has 0 unspecified atom stereocenters. The van der Waals surface area contributed by atoms with Crippen molar-refractivity contribution in [1.29, 1.82) is 0 Å². The van der Waals surface area contributed by atoms with Crippen molar-refractivity contribution in [3.63, 3.8) is 0 Å². The van der Waals surface area contributed by atoms with Gasteiger partial charge in [0.15, 0.2) is 17.1 Å².